The minimum absolute atomic E-state index is 0.0639. The first kappa shape index (κ1) is 18.0. The second-order valence-electron chi connectivity index (χ2n) is 6.50. The summed E-state index contributed by atoms with van der Waals surface area (Å²) in [7, 11) is 1.62. The van der Waals surface area contributed by atoms with Crippen molar-refractivity contribution in [3.05, 3.63) is 59.7 Å². The molecule has 2 heterocycles. The van der Waals surface area contributed by atoms with E-state index < -0.39 is 0 Å². The molecule has 0 spiro atoms. The maximum atomic E-state index is 12.5. The third-order valence-electron chi connectivity index (χ3n) is 4.59. The third kappa shape index (κ3) is 4.23. The summed E-state index contributed by atoms with van der Waals surface area (Å²) >= 11 is 0. The second-order valence-corrected chi connectivity index (χ2v) is 6.50. The zero-order valence-electron chi connectivity index (χ0n) is 15.0. The van der Waals surface area contributed by atoms with Crippen LogP contribution in [0.5, 0.6) is 0 Å². The molecule has 2 atom stereocenters. The van der Waals surface area contributed by atoms with Crippen molar-refractivity contribution in [3.63, 3.8) is 0 Å². The molecule has 136 valence electrons. The Hall–Kier alpha value is -2.80. The molecule has 1 aliphatic heterocycles. The summed E-state index contributed by atoms with van der Waals surface area (Å²) in [5.74, 6) is -0.00444. The van der Waals surface area contributed by atoms with Gasteiger partial charge in [-0.15, -0.1) is 0 Å². The van der Waals surface area contributed by atoms with E-state index in [0.29, 0.717) is 24.5 Å². The van der Waals surface area contributed by atoms with E-state index in [9.17, 15) is 9.59 Å². The van der Waals surface area contributed by atoms with Crippen molar-refractivity contribution in [3.8, 4) is 0 Å². The molecule has 1 aromatic carbocycles. The number of aryl methyl sites for hydroxylation is 1. The summed E-state index contributed by atoms with van der Waals surface area (Å²) in [6, 6.07) is 9.84. The molecule has 2 aromatic rings. The van der Waals surface area contributed by atoms with E-state index in [4.69, 9.17) is 0 Å². The molecule has 7 nitrogen and oxygen atoms in total. The average molecular weight is 353 g/mol. The number of nitrogens with one attached hydrogen (secondary N) is 2. The molecule has 26 heavy (non-hydrogen) atoms. The first-order valence-corrected chi connectivity index (χ1v) is 8.64. The van der Waals surface area contributed by atoms with Gasteiger partial charge in [-0.25, -0.2) is 9.97 Å². The van der Waals surface area contributed by atoms with Gasteiger partial charge in [0.1, 0.15) is 5.82 Å². The topological polar surface area (TPSA) is 87.2 Å². The summed E-state index contributed by atoms with van der Waals surface area (Å²) < 4.78 is 0. The van der Waals surface area contributed by atoms with Crippen molar-refractivity contribution in [2.75, 3.05) is 20.1 Å². The van der Waals surface area contributed by atoms with Crippen LogP contribution in [0.1, 0.15) is 21.7 Å². The number of rotatable bonds is 5. The first-order chi connectivity index (χ1) is 12.6. The maximum Gasteiger partial charge on any atom is 0.254 e. The van der Waals surface area contributed by atoms with E-state index >= 15 is 0 Å². The third-order valence-corrected chi connectivity index (χ3v) is 4.59. The van der Waals surface area contributed by atoms with Gasteiger partial charge in [-0.05, 0) is 12.5 Å². The van der Waals surface area contributed by atoms with Crippen LogP contribution in [0.25, 0.3) is 0 Å². The van der Waals surface area contributed by atoms with Crippen LogP contribution in [-0.2, 0) is 11.3 Å². The average Bonchev–Trinajstić information content (AvgIpc) is 3.04. The number of amides is 2. The predicted molar refractivity (Wildman–Crippen MR) is 97.3 cm³/mol. The minimum atomic E-state index is -0.293. The fraction of sp³-hybridized carbons (Fsp3) is 0.368. The van der Waals surface area contributed by atoms with Gasteiger partial charge in [-0.2, -0.15) is 0 Å². The zero-order chi connectivity index (χ0) is 18.5. The van der Waals surface area contributed by atoms with E-state index in [1.54, 1.807) is 14.0 Å². The summed E-state index contributed by atoms with van der Waals surface area (Å²) in [5.41, 5.74) is 1.58. The van der Waals surface area contributed by atoms with Crippen molar-refractivity contribution in [1.29, 1.82) is 0 Å². The Morgan fingerprint density at radius 3 is 2.50 bits per heavy atom. The van der Waals surface area contributed by atoms with Crippen molar-refractivity contribution in [2.45, 2.75) is 19.5 Å². The van der Waals surface area contributed by atoms with Gasteiger partial charge < -0.3 is 10.6 Å². The Labute approximate surface area is 152 Å². The van der Waals surface area contributed by atoms with Crippen LogP contribution in [-0.4, -0.2) is 52.9 Å². The molecule has 0 radical (unpaired) electrons. The smallest absolute Gasteiger partial charge is 0.254 e. The highest BCUT2D eigenvalue weighted by Crippen LogP contribution is 2.20. The number of hydrogen-bond donors (Lipinski definition) is 2. The Morgan fingerprint density at radius 1 is 1.15 bits per heavy atom. The van der Waals surface area contributed by atoms with Gasteiger partial charge in [-0.3, -0.25) is 14.5 Å². The lowest BCUT2D eigenvalue weighted by atomic mass is 10.0. The zero-order valence-corrected chi connectivity index (χ0v) is 15.0. The van der Waals surface area contributed by atoms with Crippen LogP contribution in [0.2, 0.25) is 0 Å². The first-order valence-electron chi connectivity index (χ1n) is 8.64. The van der Waals surface area contributed by atoms with Crippen LogP contribution in [0.3, 0.4) is 0 Å². The lowest BCUT2D eigenvalue weighted by Gasteiger charge is -2.18. The van der Waals surface area contributed by atoms with Crippen molar-refractivity contribution in [2.24, 2.45) is 5.92 Å². The normalized spacial score (nSPS) is 19.9. The van der Waals surface area contributed by atoms with Gasteiger partial charge >= 0.3 is 0 Å². The van der Waals surface area contributed by atoms with Gasteiger partial charge in [0, 0.05) is 39.1 Å². The van der Waals surface area contributed by atoms with E-state index in [2.05, 4.69) is 37.6 Å². The highest BCUT2D eigenvalue weighted by molar-refractivity contribution is 5.94. The van der Waals surface area contributed by atoms with E-state index in [0.717, 1.165) is 6.54 Å². The SMILES string of the molecule is CNC(=O)[C@H]1CN(Cc2ccccc2)C[C@@H]1NC(=O)c1cnc(C)nc1. The van der Waals surface area contributed by atoms with E-state index in [1.165, 1.54) is 18.0 Å². The van der Waals surface area contributed by atoms with Gasteiger partial charge in [0.25, 0.3) is 5.91 Å². The van der Waals surface area contributed by atoms with Crippen molar-refractivity contribution in [1.82, 2.24) is 25.5 Å². The molecule has 0 unspecified atom stereocenters. The Morgan fingerprint density at radius 2 is 1.85 bits per heavy atom. The Kier molecular flexibility index (Phi) is 5.58. The van der Waals surface area contributed by atoms with Crippen LogP contribution in [0, 0.1) is 12.8 Å². The molecule has 0 saturated carbocycles. The van der Waals surface area contributed by atoms with Gasteiger partial charge in [-0.1, -0.05) is 30.3 Å². The summed E-state index contributed by atoms with van der Waals surface area (Å²) in [4.78, 5) is 35.1. The molecule has 3 rings (SSSR count). The van der Waals surface area contributed by atoms with Gasteiger partial charge in [0.2, 0.25) is 5.91 Å². The Bertz CT molecular complexity index is 763. The van der Waals surface area contributed by atoms with E-state index in [1.807, 2.05) is 18.2 Å². The molecule has 1 saturated heterocycles. The number of likely N-dealkylation sites (tertiary alicyclic amines) is 1. The number of carbonyl (C=O) groups is 2. The van der Waals surface area contributed by atoms with Crippen molar-refractivity contribution < 1.29 is 9.59 Å². The molecule has 0 bridgehead atoms. The molecule has 1 aromatic heterocycles. The maximum absolute atomic E-state index is 12.5. The van der Waals surface area contributed by atoms with Gasteiger partial charge in [0.05, 0.1) is 17.5 Å². The minimum Gasteiger partial charge on any atom is -0.359 e. The summed E-state index contributed by atoms with van der Waals surface area (Å²) in [6.45, 7) is 3.73. The monoisotopic (exact) mass is 353 g/mol. The largest absolute Gasteiger partial charge is 0.359 e. The number of hydrogen-bond acceptors (Lipinski definition) is 5. The molecule has 2 N–H and O–H groups in total. The van der Waals surface area contributed by atoms with Crippen LogP contribution < -0.4 is 10.6 Å². The highest BCUT2D eigenvalue weighted by Gasteiger charge is 2.38. The Balaban J connectivity index is 1.69. The van der Waals surface area contributed by atoms with Crippen molar-refractivity contribution >= 4 is 11.8 Å². The number of carbonyl (C=O) groups excluding carboxylic acids is 2. The lowest BCUT2D eigenvalue weighted by molar-refractivity contribution is -0.124. The molecule has 0 aliphatic carbocycles. The molecule has 1 fully saturated rings. The highest BCUT2D eigenvalue weighted by atomic mass is 16.2. The van der Waals surface area contributed by atoms with Crippen LogP contribution in [0.15, 0.2) is 42.7 Å². The predicted octanol–water partition coefficient (Wildman–Crippen LogP) is 0.761. The summed E-state index contributed by atoms with van der Waals surface area (Å²) in [5, 5.41) is 5.67. The lowest BCUT2D eigenvalue weighted by Crippen LogP contribution is -2.45. The molecule has 2 amide bonds. The van der Waals surface area contributed by atoms with Crippen LogP contribution in [0.4, 0.5) is 0 Å². The second kappa shape index (κ2) is 8.05. The molecule has 1 aliphatic rings. The summed E-state index contributed by atoms with van der Waals surface area (Å²) in [6.07, 6.45) is 3.01. The van der Waals surface area contributed by atoms with E-state index in [-0.39, 0.29) is 23.8 Å². The fourth-order valence-electron chi connectivity index (χ4n) is 3.21. The number of nitrogens with zero attached hydrogens (tertiary/aromatic N) is 3. The van der Waals surface area contributed by atoms with Gasteiger partial charge in [0.15, 0.2) is 0 Å². The fourth-order valence-corrected chi connectivity index (χ4v) is 3.21. The molecule has 7 heteroatoms. The standard InChI is InChI=1S/C19H23N5O2/c1-13-21-8-15(9-22-13)18(25)23-17-12-24(11-16(17)19(26)20-2)10-14-6-4-3-5-7-14/h3-9,16-17H,10-12H2,1-2H3,(H,20,26)(H,23,25)/t16-,17-/m0/s1. The number of benzene rings is 1. The number of aromatic nitrogens is 2. The molecular weight excluding hydrogens is 330 g/mol. The quantitative estimate of drug-likeness (QED) is 0.829. The van der Waals surface area contributed by atoms with Crippen LogP contribution >= 0.6 is 0 Å². The molecular formula is C19H23N5O2.